The first-order valence-electron chi connectivity index (χ1n) is 7.69. The Morgan fingerprint density at radius 3 is 2.55 bits per heavy atom. The van der Waals surface area contributed by atoms with E-state index >= 15 is 0 Å². The fourth-order valence-corrected chi connectivity index (χ4v) is 2.60. The summed E-state index contributed by atoms with van der Waals surface area (Å²) in [4.78, 5) is 0. The van der Waals surface area contributed by atoms with E-state index in [2.05, 4.69) is 53.2 Å². The molecule has 2 fully saturated rings. The average Bonchev–Trinajstić information content (AvgIpc) is 3.37. The Morgan fingerprint density at radius 2 is 1.85 bits per heavy atom. The van der Waals surface area contributed by atoms with Crippen molar-refractivity contribution in [3.05, 3.63) is 53.3 Å². The molecule has 2 aliphatic rings. The lowest BCUT2D eigenvalue weighted by Gasteiger charge is -2.02. The van der Waals surface area contributed by atoms with E-state index in [-0.39, 0.29) is 0 Å². The number of hydrogen-bond donors (Lipinski definition) is 0. The molecule has 2 heteroatoms. The molecule has 0 radical (unpaired) electrons. The third kappa shape index (κ3) is 2.69. The average molecular weight is 264 g/mol. The molecule has 2 saturated carbocycles. The maximum absolute atomic E-state index is 4.83. The zero-order chi connectivity index (χ0) is 13.4. The first-order valence-corrected chi connectivity index (χ1v) is 7.69. The highest BCUT2D eigenvalue weighted by Gasteiger charge is 2.28. The quantitative estimate of drug-likeness (QED) is 0.785. The maximum Gasteiger partial charge on any atom is 0.0661 e. The highest BCUT2D eigenvalue weighted by atomic mass is 15.3. The Kier molecular flexibility index (Phi) is 2.95. The molecule has 1 heterocycles. The third-order valence-corrected chi connectivity index (χ3v) is 4.20. The molecule has 0 amide bonds. The van der Waals surface area contributed by atoms with Crippen molar-refractivity contribution in [1.29, 1.82) is 0 Å². The standard InChI is InChI=1S/C18H20N2/c1-2-4-14(5-3-1)8-11-17-12-18(16-9-10-16)19-20(17)13-15-6-7-15/h1-5,8,11-12,15-16H,6-7,9-10,13H2/b11-8+. The Bertz CT molecular complexity index is 616. The summed E-state index contributed by atoms with van der Waals surface area (Å²) in [5, 5.41) is 4.83. The molecule has 0 atom stereocenters. The lowest BCUT2D eigenvalue weighted by molar-refractivity contribution is 0.553. The fraction of sp³-hybridized carbons (Fsp3) is 0.389. The van der Waals surface area contributed by atoms with Gasteiger partial charge >= 0.3 is 0 Å². The highest BCUT2D eigenvalue weighted by molar-refractivity contribution is 5.68. The zero-order valence-corrected chi connectivity index (χ0v) is 11.7. The summed E-state index contributed by atoms with van der Waals surface area (Å²) < 4.78 is 2.23. The van der Waals surface area contributed by atoms with Gasteiger partial charge in [-0.1, -0.05) is 36.4 Å². The Labute approximate surface area is 120 Å². The molecule has 2 aliphatic carbocycles. The van der Waals surface area contributed by atoms with Crippen molar-refractivity contribution in [3.8, 4) is 0 Å². The minimum atomic E-state index is 0.735. The summed E-state index contributed by atoms with van der Waals surface area (Å²) in [6.07, 6.45) is 9.80. The van der Waals surface area contributed by atoms with Crippen LogP contribution in [0.2, 0.25) is 0 Å². The van der Waals surface area contributed by atoms with Crippen molar-refractivity contribution in [2.75, 3.05) is 0 Å². The normalized spacial score (nSPS) is 18.8. The van der Waals surface area contributed by atoms with E-state index in [0.717, 1.165) is 18.4 Å². The van der Waals surface area contributed by atoms with Gasteiger partial charge < -0.3 is 0 Å². The largest absolute Gasteiger partial charge is 0.265 e. The van der Waals surface area contributed by atoms with Crippen molar-refractivity contribution in [2.45, 2.75) is 38.1 Å². The van der Waals surface area contributed by atoms with Gasteiger partial charge in [-0.2, -0.15) is 5.10 Å². The van der Waals surface area contributed by atoms with Crippen LogP contribution in [0.15, 0.2) is 36.4 Å². The smallest absolute Gasteiger partial charge is 0.0661 e. The van der Waals surface area contributed by atoms with Gasteiger partial charge in [0.15, 0.2) is 0 Å². The van der Waals surface area contributed by atoms with Crippen LogP contribution < -0.4 is 0 Å². The topological polar surface area (TPSA) is 17.8 Å². The van der Waals surface area contributed by atoms with Crippen LogP contribution in [0.3, 0.4) is 0 Å². The number of hydrogen-bond acceptors (Lipinski definition) is 1. The summed E-state index contributed by atoms with van der Waals surface area (Å²) in [6, 6.07) is 12.8. The fourth-order valence-electron chi connectivity index (χ4n) is 2.60. The van der Waals surface area contributed by atoms with Gasteiger partial charge in [0, 0.05) is 12.5 Å². The van der Waals surface area contributed by atoms with Crippen LogP contribution in [-0.4, -0.2) is 9.78 Å². The molecule has 2 aromatic rings. The Balaban J connectivity index is 1.59. The molecule has 2 nitrogen and oxygen atoms in total. The van der Waals surface area contributed by atoms with Crippen LogP contribution in [0.4, 0.5) is 0 Å². The highest BCUT2D eigenvalue weighted by Crippen LogP contribution is 2.40. The molecular formula is C18H20N2. The molecule has 0 aliphatic heterocycles. The van der Waals surface area contributed by atoms with Gasteiger partial charge in [0.2, 0.25) is 0 Å². The molecular weight excluding hydrogens is 244 g/mol. The molecule has 1 aromatic heterocycles. The van der Waals surface area contributed by atoms with Gasteiger partial charge in [-0.15, -0.1) is 0 Å². The van der Waals surface area contributed by atoms with Gasteiger partial charge in [-0.3, -0.25) is 4.68 Å². The first kappa shape index (κ1) is 12.0. The van der Waals surface area contributed by atoms with Crippen molar-refractivity contribution < 1.29 is 0 Å². The first-order chi connectivity index (χ1) is 9.88. The van der Waals surface area contributed by atoms with Crippen LogP contribution in [0.1, 0.15) is 48.6 Å². The molecule has 0 N–H and O–H groups in total. The maximum atomic E-state index is 4.83. The van der Waals surface area contributed by atoms with E-state index in [4.69, 9.17) is 5.10 Å². The predicted molar refractivity (Wildman–Crippen MR) is 82.3 cm³/mol. The van der Waals surface area contributed by atoms with E-state index in [1.807, 2.05) is 0 Å². The lowest BCUT2D eigenvalue weighted by atomic mass is 10.2. The van der Waals surface area contributed by atoms with Crippen LogP contribution in [0, 0.1) is 5.92 Å². The SMILES string of the molecule is C(=C\c1cc(C2CC2)nn1CC1CC1)/c1ccccc1. The molecule has 0 unspecified atom stereocenters. The number of rotatable bonds is 5. The van der Waals surface area contributed by atoms with Gasteiger partial charge in [0.05, 0.1) is 11.4 Å². The van der Waals surface area contributed by atoms with Gasteiger partial charge in [0.1, 0.15) is 0 Å². The minimum Gasteiger partial charge on any atom is -0.265 e. The summed E-state index contributed by atoms with van der Waals surface area (Å²) in [5.74, 6) is 1.60. The second-order valence-electron chi connectivity index (χ2n) is 6.14. The van der Waals surface area contributed by atoms with Crippen LogP contribution >= 0.6 is 0 Å². The minimum absolute atomic E-state index is 0.735. The third-order valence-electron chi connectivity index (χ3n) is 4.20. The molecule has 0 bridgehead atoms. The Morgan fingerprint density at radius 1 is 1.05 bits per heavy atom. The summed E-state index contributed by atoms with van der Waals surface area (Å²) in [5.41, 5.74) is 3.82. The van der Waals surface area contributed by atoms with Crippen molar-refractivity contribution >= 4 is 12.2 Å². The lowest BCUT2D eigenvalue weighted by Crippen LogP contribution is -2.04. The van der Waals surface area contributed by atoms with Crippen LogP contribution in [0.5, 0.6) is 0 Å². The zero-order valence-electron chi connectivity index (χ0n) is 11.7. The van der Waals surface area contributed by atoms with Crippen molar-refractivity contribution in [2.24, 2.45) is 5.92 Å². The monoisotopic (exact) mass is 264 g/mol. The van der Waals surface area contributed by atoms with Crippen LogP contribution in [-0.2, 0) is 6.54 Å². The summed E-state index contributed by atoms with van der Waals surface area (Å²) in [7, 11) is 0. The molecule has 4 rings (SSSR count). The van der Waals surface area contributed by atoms with E-state index in [1.165, 1.54) is 42.6 Å². The molecule has 102 valence electrons. The molecule has 1 aromatic carbocycles. The predicted octanol–water partition coefficient (Wildman–Crippen LogP) is 4.34. The molecule has 0 spiro atoms. The van der Waals surface area contributed by atoms with E-state index in [1.54, 1.807) is 0 Å². The van der Waals surface area contributed by atoms with E-state index < -0.39 is 0 Å². The van der Waals surface area contributed by atoms with Gasteiger partial charge in [-0.05, 0) is 49.3 Å². The second-order valence-corrected chi connectivity index (χ2v) is 6.14. The van der Waals surface area contributed by atoms with E-state index in [0.29, 0.717) is 0 Å². The Hall–Kier alpha value is -1.83. The van der Waals surface area contributed by atoms with E-state index in [9.17, 15) is 0 Å². The second kappa shape index (κ2) is 4.93. The van der Waals surface area contributed by atoms with Crippen molar-refractivity contribution in [3.63, 3.8) is 0 Å². The molecule has 0 saturated heterocycles. The van der Waals surface area contributed by atoms with Gasteiger partial charge in [-0.25, -0.2) is 0 Å². The number of aromatic nitrogens is 2. The van der Waals surface area contributed by atoms with Crippen molar-refractivity contribution in [1.82, 2.24) is 9.78 Å². The summed E-state index contributed by atoms with van der Waals surface area (Å²) in [6.45, 7) is 1.10. The summed E-state index contributed by atoms with van der Waals surface area (Å²) >= 11 is 0. The van der Waals surface area contributed by atoms with Crippen LogP contribution in [0.25, 0.3) is 12.2 Å². The molecule has 20 heavy (non-hydrogen) atoms. The number of benzene rings is 1. The van der Waals surface area contributed by atoms with Gasteiger partial charge in [0.25, 0.3) is 0 Å². The number of nitrogens with zero attached hydrogens (tertiary/aromatic N) is 2.